The van der Waals surface area contributed by atoms with Gasteiger partial charge in [0.15, 0.2) is 0 Å². The number of hydrogen-bond donors (Lipinski definition) is 0. The van der Waals surface area contributed by atoms with Gasteiger partial charge in [0.2, 0.25) is 6.54 Å². The quantitative estimate of drug-likeness (QED) is 0.574. The van der Waals surface area contributed by atoms with E-state index in [0.29, 0.717) is 0 Å². The van der Waals surface area contributed by atoms with E-state index in [1.54, 1.807) is 34.6 Å². The second-order valence-electron chi connectivity index (χ2n) is 6.94. The SMILES string of the molecule is CC(C)(C)OC(=O)N1[C@@H](C[C@@H](F)CC[N+](=O)[O-])COC1(C)C. The predicted molar refractivity (Wildman–Crippen MR) is 77.9 cm³/mol. The topological polar surface area (TPSA) is 81.9 Å². The van der Waals surface area contributed by atoms with Gasteiger partial charge in [-0.15, -0.1) is 0 Å². The molecule has 0 aliphatic carbocycles. The minimum absolute atomic E-state index is 0.00346. The van der Waals surface area contributed by atoms with Gasteiger partial charge in [0, 0.05) is 17.8 Å². The molecule has 0 spiro atoms. The molecule has 1 aliphatic rings. The monoisotopic (exact) mass is 320 g/mol. The van der Waals surface area contributed by atoms with Crippen molar-refractivity contribution in [2.45, 2.75) is 71.0 Å². The molecule has 0 unspecified atom stereocenters. The number of ether oxygens (including phenoxy) is 2. The summed E-state index contributed by atoms with van der Waals surface area (Å²) in [4.78, 5) is 23.5. The zero-order chi connectivity index (χ0) is 17.1. The highest BCUT2D eigenvalue weighted by Gasteiger charge is 2.46. The van der Waals surface area contributed by atoms with Gasteiger partial charge >= 0.3 is 6.09 Å². The van der Waals surface area contributed by atoms with Crippen molar-refractivity contribution in [2.24, 2.45) is 0 Å². The molecule has 2 atom stereocenters. The molecule has 128 valence electrons. The number of carbonyl (C=O) groups is 1. The molecule has 1 fully saturated rings. The molecule has 22 heavy (non-hydrogen) atoms. The maximum absolute atomic E-state index is 13.9. The molecule has 0 aromatic heterocycles. The standard InChI is InChI=1S/C14H25FN2O5/c1-13(2,3)22-12(18)17-11(9-21-14(17,4)5)8-10(15)6-7-16(19)20/h10-11H,6-9H2,1-5H3/t10-,11-/m0/s1. The Labute approximate surface area is 129 Å². The van der Waals surface area contributed by atoms with Crippen LogP contribution >= 0.6 is 0 Å². The van der Waals surface area contributed by atoms with Crippen LogP contribution in [-0.2, 0) is 9.47 Å². The van der Waals surface area contributed by atoms with Crippen LogP contribution in [-0.4, -0.2) is 52.6 Å². The summed E-state index contributed by atoms with van der Waals surface area (Å²) in [5.74, 6) is 0. The summed E-state index contributed by atoms with van der Waals surface area (Å²) < 4.78 is 24.8. The van der Waals surface area contributed by atoms with E-state index >= 15 is 0 Å². The summed E-state index contributed by atoms with van der Waals surface area (Å²) in [7, 11) is 0. The number of amides is 1. The molecule has 0 bridgehead atoms. The predicted octanol–water partition coefficient (Wildman–Crippen LogP) is 2.75. The van der Waals surface area contributed by atoms with Crippen molar-refractivity contribution in [2.75, 3.05) is 13.2 Å². The highest BCUT2D eigenvalue weighted by Crippen LogP contribution is 2.32. The van der Waals surface area contributed by atoms with Gasteiger partial charge < -0.3 is 9.47 Å². The highest BCUT2D eigenvalue weighted by atomic mass is 19.1. The Morgan fingerprint density at radius 2 is 2.14 bits per heavy atom. The van der Waals surface area contributed by atoms with Gasteiger partial charge in [-0.2, -0.15) is 0 Å². The third kappa shape index (κ3) is 5.40. The molecule has 1 rings (SSSR count). The van der Waals surface area contributed by atoms with E-state index in [1.807, 2.05) is 0 Å². The van der Waals surface area contributed by atoms with Crippen LogP contribution in [0.3, 0.4) is 0 Å². The Hall–Kier alpha value is -1.44. The molecular formula is C14H25FN2O5. The molecule has 0 aromatic rings. The van der Waals surface area contributed by atoms with Gasteiger partial charge in [-0.3, -0.25) is 15.0 Å². The lowest BCUT2D eigenvalue weighted by atomic mass is 10.1. The molecule has 1 amide bonds. The zero-order valence-corrected chi connectivity index (χ0v) is 13.8. The lowest BCUT2D eigenvalue weighted by Crippen LogP contribution is -2.50. The van der Waals surface area contributed by atoms with Gasteiger partial charge in [0.05, 0.1) is 12.6 Å². The summed E-state index contributed by atoms with van der Waals surface area (Å²) in [5.41, 5.74) is -1.56. The van der Waals surface area contributed by atoms with Crippen LogP contribution in [0.5, 0.6) is 0 Å². The van der Waals surface area contributed by atoms with E-state index in [9.17, 15) is 19.3 Å². The van der Waals surface area contributed by atoms with E-state index in [1.165, 1.54) is 4.90 Å². The first-order valence-corrected chi connectivity index (χ1v) is 7.34. The highest BCUT2D eigenvalue weighted by molar-refractivity contribution is 5.69. The number of nitro groups is 1. The van der Waals surface area contributed by atoms with Gasteiger partial charge in [0.1, 0.15) is 17.5 Å². The van der Waals surface area contributed by atoms with Crippen molar-refractivity contribution >= 4 is 6.09 Å². The lowest BCUT2D eigenvalue weighted by Gasteiger charge is -2.35. The molecule has 1 heterocycles. The zero-order valence-electron chi connectivity index (χ0n) is 13.8. The van der Waals surface area contributed by atoms with Crippen molar-refractivity contribution in [1.29, 1.82) is 0 Å². The van der Waals surface area contributed by atoms with Gasteiger partial charge in [-0.05, 0) is 34.6 Å². The molecule has 0 saturated carbocycles. The number of nitrogens with zero attached hydrogens (tertiary/aromatic N) is 2. The fourth-order valence-electron chi connectivity index (χ4n) is 2.40. The van der Waals surface area contributed by atoms with Crippen LogP contribution in [0.15, 0.2) is 0 Å². The number of alkyl halides is 1. The van der Waals surface area contributed by atoms with Gasteiger partial charge in [-0.1, -0.05) is 0 Å². The van der Waals surface area contributed by atoms with E-state index < -0.39 is 41.1 Å². The summed E-state index contributed by atoms with van der Waals surface area (Å²) in [6.45, 7) is 8.43. The van der Waals surface area contributed by atoms with Crippen molar-refractivity contribution in [3.8, 4) is 0 Å². The van der Waals surface area contributed by atoms with E-state index in [0.717, 1.165) is 0 Å². The van der Waals surface area contributed by atoms with Crippen molar-refractivity contribution in [3.05, 3.63) is 10.1 Å². The Morgan fingerprint density at radius 3 is 2.64 bits per heavy atom. The molecule has 8 heteroatoms. The molecule has 1 aliphatic heterocycles. The minimum Gasteiger partial charge on any atom is -0.444 e. The van der Waals surface area contributed by atoms with Crippen LogP contribution in [0, 0.1) is 10.1 Å². The smallest absolute Gasteiger partial charge is 0.412 e. The van der Waals surface area contributed by atoms with Crippen LogP contribution in [0.4, 0.5) is 9.18 Å². The number of halogens is 1. The molecule has 1 saturated heterocycles. The lowest BCUT2D eigenvalue weighted by molar-refractivity contribution is -0.481. The van der Waals surface area contributed by atoms with Gasteiger partial charge in [0.25, 0.3) is 0 Å². The van der Waals surface area contributed by atoms with E-state index in [4.69, 9.17) is 9.47 Å². The molecule has 0 N–H and O–H groups in total. The Kier molecular flexibility index (Phi) is 5.72. The van der Waals surface area contributed by atoms with Crippen LogP contribution in [0.25, 0.3) is 0 Å². The minimum atomic E-state index is -1.36. The fourth-order valence-corrected chi connectivity index (χ4v) is 2.40. The Morgan fingerprint density at radius 1 is 1.55 bits per heavy atom. The average molecular weight is 320 g/mol. The second kappa shape index (κ2) is 6.76. The maximum Gasteiger partial charge on any atom is 0.412 e. The van der Waals surface area contributed by atoms with Gasteiger partial charge in [-0.25, -0.2) is 9.18 Å². The second-order valence-corrected chi connectivity index (χ2v) is 6.94. The fraction of sp³-hybridized carbons (Fsp3) is 0.929. The summed E-state index contributed by atoms with van der Waals surface area (Å²) >= 11 is 0. The van der Waals surface area contributed by atoms with Crippen LogP contribution in [0.1, 0.15) is 47.5 Å². The molecular weight excluding hydrogens is 295 g/mol. The van der Waals surface area contributed by atoms with Crippen molar-refractivity contribution < 1.29 is 23.6 Å². The molecule has 7 nitrogen and oxygen atoms in total. The first-order chi connectivity index (χ1) is 9.92. The molecule has 0 aromatic carbocycles. The largest absolute Gasteiger partial charge is 0.444 e. The van der Waals surface area contributed by atoms with E-state index in [2.05, 4.69) is 0 Å². The summed E-state index contributed by atoms with van der Waals surface area (Å²) in [6, 6.07) is -0.494. The number of carbonyl (C=O) groups excluding carboxylic acids is 1. The molecule has 0 radical (unpaired) electrons. The van der Waals surface area contributed by atoms with Crippen molar-refractivity contribution in [3.63, 3.8) is 0 Å². The van der Waals surface area contributed by atoms with Crippen LogP contribution in [0.2, 0.25) is 0 Å². The normalized spacial score (nSPS) is 22.5. The average Bonchev–Trinajstić information content (AvgIpc) is 2.59. The number of hydrogen-bond acceptors (Lipinski definition) is 5. The third-order valence-electron chi connectivity index (χ3n) is 3.32. The third-order valence-corrected chi connectivity index (χ3v) is 3.32. The summed E-state index contributed by atoms with van der Waals surface area (Å²) in [6.07, 6.45) is -2.11. The maximum atomic E-state index is 13.9. The Balaban J connectivity index is 2.72. The first-order valence-electron chi connectivity index (χ1n) is 7.34. The van der Waals surface area contributed by atoms with Crippen molar-refractivity contribution in [1.82, 2.24) is 4.90 Å². The Bertz CT molecular complexity index is 422. The van der Waals surface area contributed by atoms with Crippen LogP contribution < -0.4 is 0 Å². The van der Waals surface area contributed by atoms with E-state index in [-0.39, 0.29) is 19.4 Å². The summed E-state index contributed by atoms with van der Waals surface area (Å²) in [5, 5.41) is 10.3. The first kappa shape index (κ1) is 18.6. The number of rotatable bonds is 5.